The van der Waals surface area contributed by atoms with E-state index in [2.05, 4.69) is 27.3 Å². The maximum absolute atomic E-state index is 5.56. The van der Waals surface area contributed by atoms with Crippen LogP contribution in [0.2, 0.25) is 0 Å². The van der Waals surface area contributed by atoms with Gasteiger partial charge >= 0.3 is 0 Å². The van der Waals surface area contributed by atoms with Gasteiger partial charge in [-0.2, -0.15) is 0 Å². The van der Waals surface area contributed by atoms with E-state index >= 15 is 0 Å². The van der Waals surface area contributed by atoms with Crippen LogP contribution in [0.5, 0.6) is 17.2 Å². The maximum Gasteiger partial charge on any atom is 0.193 e. The molecule has 0 aromatic heterocycles. The first-order chi connectivity index (χ1) is 13.1. The SMILES string of the molecule is CCOc1ccc(CNC(=NC)N(C)Cc2ccc(OC)cc2)cc1OC. The van der Waals surface area contributed by atoms with Crippen LogP contribution >= 0.6 is 0 Å². The molecule has 0 aliphatic rings. The van der Waals surface area contributed by atoms with Crippen LogP contribution in [0.3, 0.4) is 0 Å². The maximum atomic E-state index is 5.56. The molecule has 2 aromatic carbocycles. The second kappa shape index (κ2) is 10.3. The standard InChI is InChI=1S/C21H29N3O3/c1-6-27-19-12-9-17(13-20(19)26-5)14-23-21(22-2)24(3)15-16-7-10-18(25-4)11-8-16/h7-13H,6,14-15H2,1-5H3,(H,22,23). The molecule has 6 heteroatoms. The average molecular weight is 371 g/mol. The quantitative estimate of drug-likeness (QED) is 0.570. The summed E-state index contributed by atoms with van der Waals surface area (Å²) in [7, 11) is 7.11. The lowest BCUT2D eigenvalue weighted by atomic mass is 10.2. The van der Waals surface area contributed by atoms with Gasteiger partial charge in [0.05, 0.1) is 20.8 Å². The predicted octanol–water partition coefficient (Wildman–Crippen LogP) is 3.31. The Labute approximate surface area is 161 Å². The number of guanidine groups is 1. The van der Waals surface area contributed by atoms with Crippen LogP contribution in [-0.2, 0) is 13.1 Å². The minimum atomic E-state index is 0.608. The van der Waals surface area contributed by atoms with Gasteiger partial charge in [0.2, 0.25) is 0 Å². The van der Waals surface area contributed by atoms with Gasteiger partial charge in [-0.15, -0.1) is 0 Å². The van der Waals surface area contributed by atoms with Crippen molar-refractivity contribution in [3.05, 3.63) is 53.6 Å². The molecule has 0 atom stereocenters. The first-order valence-corrected chi connectivity index (χ1v) is 8.95. The van der Waals surface area contributed by atoms with Crippen LogP contribution in [0.25, 0.3) is 0 Å². The van der Waals surface area contributed by atoms with E-state index in [9.17, 15) is 0 Å². The van der Waals surface area contributed by atoms with E-state index in [0.29, 0.717) is 13.2 Å². The number of rotatable bonds is 8. The Hall–Kier alpha value is -2.89. The summed E-state index contributed by atoms with van der Waals surface area (Å²) in [6.07, 6.45) is 0. The number of ether oxygens (including phenoxy) is 3. The lowest BCUT2D eigenvalue weighted by molar-refractivity contribution is 0.310. The Kier molecular flexibility index (Phi) is 7.79. The first kappa shape index (κ1) is 20.4. The zero-order chi connectivity index (χ0) is 19.6. The van der Waals surface area contributed by atoms with Crippen molar-refractivity contribution in [2.45, 2.75) is 20.0 Å². The molecule has 0 radical (unpaired) electrons. The van der Waals surface area contributed by atoms with Crippen molar-refractivity contribution in [2.75, 3.05) is 34.9 Å². The van der Waals surface area contributed by atoms with E-state index in [1.807, 2.05) is 44.3 Å². The summed E-state index contributed by atoms with van der Waals surface area (Å²) in [5, 5.41) is 3.39. The molecular formula is C21H29N3O3. The molecule has 0 saturated carbocycles. The zero-order valence-corrected chi connectivity index (χ0v) is 16.8. The molecule has 146 valence electrons. The van der Waals surface area contributed by atoms with Crippen molar-refractivity contribution in [3.63, 3.8) is 0 Å². The van der Waals surface area contributed by atoms with Gasteiger partial charge in [-0.25, -0.2) is 0 Å². The average Bonchev–Trinajstić information content (AvgIpc) is 2.70. The van der Waals surface area contributed by atoms with Gasteiger partial charge in [0, 0.05) is 27.2 Å². The molecule has 2 rings (SSSR count). The summed E-state index contributed by atoms with van der Waals surface area (Å²) in [6.45, 7) is 3.95. The Morgan fingerprint density at radius 3 is 2.30 bits per heavy atom. The lowest BCUT2D eigenvalue weighted by Gasteiger charge is -2.22. The Balaban J connectivity index is 1.97. The van der Waals surface area contributed by atoms with Crippen LogP contribution in [0.4, 0.5) is 0 Å². The summed E-state index contributed by atoms with van der Waals surface area (Å²) in [4.78, 5) is 6.45. The minimum absolute atomic E-state index is 0.608. The van der Waals surface area contributed by atoms with Crippen LogP contribution < -0.4 is 19.5 Å². The molecule has 0 fully saturated rings. The van der Waals surface area contributed by atoms with Crippen molar-refractivity contribution in [1.29, 1.82) is 0 Å². The summed E-state index contributed by atoms with van der Waals surface area (Å²) in [5.41, 5.74) is 2.28. The number of nitrogens with zero attached hydrogens (tertiary/aromatic N) is 2. The molecule has 0 heterocycles. The van der Waals surface area contributed by atoms with Crippen molar-refractivity contribution in [2.24, 2.45) is 4.99 Å². The van der Waals surface area contributed by atoms with Gasteiger partial charge < -0.3 is 24.4 Å². The van der Waals surface area contributed by atoms with Gasteiger partial charge in [-0.1, -0.05) is 18.2 Å². The summed E-state index contributed by atoms with van der Waals surface area (Å²) < 4.78 is 16.2. The largest absolute Gasteiger partial charge is 0.497 e. The van der Waals surface area contributed by atoms with Crippen LogP contribution in [0, 0.1) is 0 Å². The van der Waals surface area contributed by atoms with Gasteiger partial charge in [0.15, 0.2) is 17.5 Å². The molecule has 0 aliphatic carbocycles. The summed E-state index contributed by atoms with van der Waals surface area (Å²) >= 11 is 0. The molecule has 0 saturated heterocycles. The van der Waals surface area contributed by atoms with E-state index in [-0.39, 0.29) is 0 Å². The summed E-state index contributed by atoms with van der Waals surface area (Å²) in [5.74, 6) is 3.16. The zero-order valence-electron chi connectivity index (χ0n) is 16.8. The fraction of sp³-hybridized carbons (Fsp3) is 0.381. The van der Waals surface area contributed by atoms with Gasteiger partial charge in [-0.05, 0) is 42.3 Å². The topological polar surface area (TPSA) is 55.3 Å². The third-order valence-electron chi connectivity index (χ3n) is 4.13. The number of hydrogen-bond donors (Lipinski definition) is 1. The summed E-state index contributed by atoms with van der Waals surface area (Å²) in [6, 6.07) is 14.0. The number of nitrogens with one attached hydrogen (secondary N) is 1. The van der Waals surface area contributed by atoms with E-state index < -0.39 is 0 Å². The minimum Gasteiger partial charge on any atom is -0.497 e. The smallest absolute Gasteiger partial charge is 0.193 e. The van der Waals surface area contributed by atoms with Crippen molar-refractivity contribution >= 4 is 5.96 Å². The molecule has 6 nitrogen and oxygen atoms in total. The fourth-order valence-corrected chi connectivity index (χ4v) is 2.74. The molecule has 27 heavy (non-hydrogen) atoms. The van der Waals surface area contributed by atoms with Gasteiger partial charge in [0.1, 0.15) is 5.75 Å². The monoisotopic (exact) mass is 371 g/mol. The molecule has 2 aromatic rings. The number of methoxy groups -OCH3 is 2. The number of hydrogen-bond acceptors (Lipinski definition) is 4. The first-order valence-electron chi connectivity index (χ1n) is 8.95. The molecule has 0 aliphatic heterocycles. The molecule has 0 bridgehead atoms. The van der Waals surface area contributed by atoms with E-state index in [1.165, 1.54) is 5.56 Å². The highest BCUT2D eigenvalue weighted by Crippen LogP contribution is 2.28. The molecule has 1 N–H and O–H groups in total. The number of aliphatic imine (C=N–C) groups is 1. The van der Waals surface area contributed by atoms with E-state index in [4.69, 9.17) is 14.2 Å². The molecular weight excluding hydrogens is 342 g/mol. The van der Waals surface area contributed by atoms with Crippen molar-refractivity contribution in [1.82, 2.24) is 10.2 Å². The molecule has 0 amide bonds. The highest BCUT2D eigenvalue weighted by Gasteiger charge is 2.09. The van der Waals surface area contributed by atoms with Crippen molar-refractivity contribution in [3.8, 4) is 17.2 Å². The predicted molar refractivity (Wildman–Crippen MR) is 109 cm³/mol. The van der Waals surface area contributed by atoms with Gasteiger partial charge in [-0.3, -0.25) is 4.99 Å². The van der Waals surface area contributed by atoms with Crippen molar-refractivity contribution < 1.29 is 14.2 Å². The van der Waals surface area contributed by atoms with Crippen LogP contribution in [0.1, 0.15) is 18.1 Å². The van der Waals surface area contributed by atoms with Crippen LogP contribution in [0.15, 0.2) is 47.5 Å². The normalized spacial score (nSPS) is 11.1. The fourth-order valence-electron chi connectivity index (χ4n) is 2.74. The lowest BCUT2D eigenvalue weighted by Crippen LogP contribution is -2.38. The highest BCUT2D eigenvalue weighted by atomic mass is 16.5. The third kappa shape index (κ3) is 5.81. The second-order valence-electron chi connectivity index (χ2n) is 6.02. The van der Waals surface area contributed by atoms with E-state index in [1.54, 1.807) is 21.3 Å². The van der Waals surface area contributed by atoms with E-state index in [0.717, 1.165) is 35.3 Å². The Morgan fingerprint density at radius 1 is 1.00 bits per heavy atom. The number of benzene rings is 2. The molecule has 0 unspecified atom stereocenters. The third-order valence-corrected chi connectivity index (χ3v) is 4.13. The van der Waals surface area contributed by atoms with Gasteiger partial charge in [0.25, 0.3) is 0 Å². The Bertz CT molecular complexity index is 745. The highest BCUT2D eigenvalue weighted by molar-refractivity contribution is 5.79. The van der Waals surface area contributed by atoms with Crippen LogP contribution in [-0.4, -0.2) is 45.8 Å². The molecule has 0 spiro atoms. The second-order valence-corrected chi connectivity index (χ2v) is 6.02. The Morgan fingerprint density at radius 2 is 1.70 bits per heavy atom.